The van der Waals surface area contributed by atoms with E-state index >= 15 is 0 Å². The van der Waals surface area contributed by atoms with E-state index in [2.05, 4.69) is 21.6 Å². The normalized spacial score (nSPS) is 26.3. The quantitative estimate of drug-likeness (QED) is 0.890. The molecule has 0 aromatic carbocycles. The highest BCUT2D eigenvalue weighted by Gasteiger charge is 2.33. The molecule has 2 aromatic rings. The molecule has 1 saturated carbocycles. The van der Waals surface area contributed by atoms with Gasteiger partial charge in [-0.05, 0) is 31.6 Å². The average molecular weight is 309 g/mol. The zero-order valence-corrected chi connectivity index (χ0v) is 13.4. The number of hydrogen-bond acceptors (Lipinski definition) is 5. The van der Waals surface area contributed by atoms with Crippen LogP contribution in [0.15, 0.2) is 11.6 Å². The molecule has 2 N–H and O–H groups in total. The van der Waals surface area contributed by atoms with Crippen LogP contribution in [0.5, 0.6) is 5.88 Å². The first kappa shape index (κ1) is 14.8. The van der Waals surface area contributed by atoms with Gasteiger partial charge in [-0.25, -0.2) is 0 Å². The maximum absolute atomic E-state index is 9.84. The van der Waals surface area contributed by atoms with E-state index in [-0.39, 0.29) is 12.1 Å². The summed E-state index contributed by atoms with van der Waals surface area (Å²) in [5, 5.41) is 15.4. The number of ether oxygens (including phenoxy) is 1. The number of imidazole rings is 1. The molecule has 2 aromatic heterocycles. The van der Waals surface area contributed by atoms with Gasteiger partial charge < -0.3 is 15.2 Å². The molecule has 1 fully saturated rings. The van der Waals surface area contributed by atoms with Gasteiger partial charge in [0.1, 0.15) is 5.69 Å². The van der Waals surface area contributed by atoms with E-state index in [1.807, 2.05) is 11.6 Å². The zero-order valence-electron chi connectivity index (χ0n) is 12.6. The number of thiazole rings is 1. The molecule has 0 bridgehead atoms. The fourth-order valence-corrected chi connectivity index (χ4v) is 3.84. The van der Waals surface area contributed by atoms with Crippen molar-refractivity contribution in [2.24, 2.45) is 5.92 Å². The molecule has 21 heavy (non-hydrogen) atoms. The molecule has 2 heterocycles. The van der Waals surface area contributed by atoms with Gasteiger partial charge in [-0.1, -0.05) is 6.92 Å². The van der Waals surface area contributed by atoms with Crippen molar-refractivity contribution in [3.63, 3.8) is 0 Å². The standard InChI is InChI=1S/C15H23N3O2S/c1-11-3-5-15(10-19,6-4-11)16-9-12-13(20-2)17-14-18(12)7-8-21-14/h7-8,11,16,19H,3-6,9-10H2,1-2H3. The predicted octanol–water partition coefficient (Wildman–Crippen LogP) is 2.44. The smallest absolute Gasteiger partial charge is 0.237 e. The van der Waals surface area contributed by atoms with E-state index in [1.54, 1.807) is 18.4 Å². The minimum absolute atomic E-state index is 0.155. The molecule has 0 unspecified atom stereocenters. The molecule has 1 aliphatic carbocycles. The third-order valence-electron chi connectivity index (χ3n) is 4.68. The Bertz CT molecular complexity index is 599. The number of hydrogen-bond donors (Lipinski definition) is 2. The van der Waals surface area contributed by atoms with Gasteiger partial charge in [0.25, 0.3) is 0 Å². The molecule has 116 valence electrons. The van der Waals surface area contributed by atoms with E-state index in [0.717, 1.165) is 29.4 Å². The topological polar surface area (TPSA) is 58.8 Å². The van der Waals surface area contributed by atoms with Crippen LogP contribution in [0.3, 0.4) is 0 Å². The number of nitrogens with zero attached hydrogens (tertiary/aromatic N) is 2. The van der Waals surface area contributed by atoms with Crippen molar-refractivity contribution >= 4 is 16.3 Å². The highest BCUT2D eigenvalue weighted by Crippen LogP contribution is 2.32. The third kappa shape index (κ3) is 2.80. The summed E-state index contributed by atoms with van der Waals surface area (Å²) in [7, 11) is 1.65. The fraction of sp³-hybridized carbons (Fsp3) is 0.667. The molecule has 0 amide bonds. The van der Waals surface area contributed by atoms with E-state index in [9.17, 15) is 5.11 Å². The SMILES string of the molecule is COc1nc2sccn2c1CNC1(CO)CCC(C)CC1. The van der Waals surface area contributed by atoms with Gasteiger partial charge in [0.2, 0.25) is 5.88 Å². The molecule has 3 rings (SSSR count). The molecule has 0 aliphatic heterocycles. The van der Waals surface area contributed by atoms with Crippen molar-refractivity contribution in [2.75, 3.05) is 13.7 Å². The van der Waals surface area contributed by atoms with E-state index < -0.39 is 0 Å². The van der Waals surface area contributed by atoms with Crippen LogP contribution in [-0.4, -0.2) is 33.7 Å². The summed E-state index contributed by atoms with van der Waals surface area (Å²) < 4.78 is 7.45. The Morgan fingerprint density at radius 3 is 2.95 bits per heavy atom. The number of nitrogens with one attached hydrogen (secondary N) is 1. The van der Waals surface area contributed by atoms with Crippen LogP contribution in [0, 0.1) is 5.92 Å². The summed E-state index contributed by atoms with van der Waals surface area (Å²) in [6.45, 7) is 3.14. The lowest BCUT2D eigenvalue weighted by Crippen LogP contribution is -2.50. The van der Waals surface area contributed by atoms with E-state index in [4.69, 9.17) is 4.74 Å². The fourth-order valence-electron chi connectivity index (χ4n) is 3.11. The Kier molecular flexibility index (Phi) is 4.19. The van der Waals surface area contributed by atoms with E-state index in [0.29, 0.717) is 12.4 Å². The Labute approximate surface area is 129 Å². The molecular weight excluding hydrogens is 286 g/mol. The lowest BCUT2D eigenvalue weighted by molar-refractivity contribution is 0.103. The Morgan fingerprint density at radius 1 is 1.52 bits per heavy atom. The van der Waals surface area contributed by atoms with Crippen LogP contribution >= 0.6 is 11.3 Å². The zero-order chi connectivity index (χ0) is 14.9. The van der Waals surface area contributed by atoms with Crippen molar-refractivity contribution in [1.29, 1.82) is 0 Å². The highest BCUT2D eigenvalue weighted by molar-refractivity contribution is 7.15. The largest absolute Gasteiger partial charge is 0.480 e. The molecule has 1 aliphatic rings. The molecule has 0 radical (unpaired) electrons. The van der Waals surface area contributed by atoms with Gasteiger partial charge in [0, 0.05) is 23.7 Å². The Hall–Kier alpha value is -1.11. The second kappa shape index (κ2) is 5.94. The molecule has 0 spiro atoms. The number of methoxy groups -OCH3 is 1. The first-order chi connectivity index (χ1) is 10.2. The minimum atomic E-state index is -0.155. The van der Waals surface area contributed by atoms with Crippen LogP contribution in [0.25, 0.3) is 4.96 Å². The Morgan fingerprint density at radius 2 is 2.29 bits per heavy atom. The molecule has 6 heteroatoms. The monoisotopic (exact) mass is 309 g/mol. The number of fused-ring (bicyclic) bond motifs is 1. The summed E-state index contributed by atoms with van der Waals surface area (Å²) in [5.74, 6) is 1.44. The average Bonchev–Trinajstić information content (AvgIpc) is 3.08. The van der Waals surface area contributed by atoms with Gasteiger partial charge in [-0.2, -0.15) is 4.98 Å². The number of aliphatic hydroxyl groups excluding tert-OH is 1. The molecule has 0 saturated heterocycles. The summed E-state index contributed by atoms with van der Waals surface area (Å²) in [6, 6.07) is 0. The lowest BCUT2D eigenvalue weighted by Gasteiger charge is -2.39. The number of aromatic nitrogens is 2. The lowest BCUT2D eigenvalue weighted by atomic mass is 9.77. The van der Waals surface area contributed by atoms with Crippen LogP contribution in [0.2, 0.25) is 0 Å². The summed E-state index contributed by atoms with van der Waals surface area (Å²) in [4.78, 5) is 5.42. The summed E-state index contributed by atoms with van der Waals surface area (Å²) in [6.07, 6.45) is 6.41. The maximum Gasteiger partial charge on any atom is 0.237 e. The molecule has 5 nitrogen and oxygen atoms in total. The highest BCUT2D eigenvalue weighted by atomic mass is 32.1. The maximum atomic E-state index is 9.84. The van der Waals surface area contributed by atoms with Crippen molar-refractivity contribution in [3.05, 3.63) is 17.3 Å². The number of aliphatic hydroxyl groups is 1. The minimum Gasteiger partial charge on any atom is -0.480 e. The predicted molar refractivity (Wildman–Crippen MR) is 83.9 cm³/mol. The van der Waals surface area contributed by atoms with Crippen molar-refractivity contribution < 1.29 is 9.84 Å². The summed E-state index contributed by atoms with van der Waals surface area (Å²) in [5.41, 5.74) is 0.873. The van der Waals surface area contributed by atoms with Crippen molar-refractivity contribution in [3.8, 4) is 5.88 Å². The van der Waals surface area contributed by atoms with Gasteiger partial charge in [0.05, 0.1) is 13.7 Å². The Balaban J connectivity index is 1.77. The molecule has 0 atom stereocenters. The second-order valence-corrected chi connectivity index (χ2v) is 6.97. The van der Waals surface area contributed by atoms with Crippen LogP contribution < -0.4 is 10.1 Å². The van der Waals surface area contributed by atoms with Crippen LogP contribution in [0.4, 0.5) is 0 Å². The van der Waals surface area contributed by atoms with Crippen LogP contribution in [0.1, 0.15) is 38.3 Å². The first-order valence-electron chi connectivity index (χ1n) is 7.52. The van der Waals surface area contributed by atoms with Crippen molar-refractivity contribution in [2.45, 2.75) is 44.7 Å². The second-order valence-electron chi connectivity index (χ2n) is 6.10. The van der Waals surface area contributed by atoms with Crippen molar-refractivity contribution in [1.82, 2.24) is 14.7 Å². The summed E-state index contributed by atoms with van der Waals surface area (Å²) >= 11 is 1.60. The van der Waals surface area contributed by atoms with Gasteiger partial charge >= 0.3 is 0 Å². The third-order valence-corrected chi connectivity index (χ3v) is 5.44. The van der Waals surface area contributed by atoms with Gasteiger partial charge in [-0.3, -0.25) is 4.40 Å². The van der Waals surface area contributed by atoms with Gasteiger partial charge in [0.15, 0.2) is 4.96 Å². The molecular formula is C15H23N3O2S. The van der Waals surface area contributed by atoms with E-state index in [1.165, 1.54) is 12.8 Å². The number of rotatable bonds is 5. The first-order valence-corrected chi connectivity index (χ1v) is 8.40. The van der Waals surface area contributed by atoms with Crippen LogP contribution in [-0.2, 0) is 6.54 Å². The van der Waals surface area contributed by atoms with Gasteiger partial charge in [-0.15, -0.1) is 11.3 Å².